The molecule has 0 fully saturated rings. The van der Waals surface area contributed by atoms with E-state index in [1.807, 2.05) is 48.9 Å². The summed E-state index contributed by atoms with van der Waals surface area (Å²) in [5, 5.41) is 4.42. The SMILES string of the molecule is CCn1nc(C(C)(C)F)c(-c2ccccc2)c1C. The molecule has 2 nitrogen and oxygen atoms in total. The topological polar surface area (TPSA) is 17.8 Å². The molecule has 0 amide bonds. The van der Waals surface area contributed by atoms with E-state index in [2.05, 4.69) is 5.10 Å². The van der Waals surface area contributed by atoms with Crippen LogP contribution in [0.4, 0.5) is 4.39 Å². The van der Waals surface area contributed by atoms with Crippen LogP contribution in [-0.2, 0) is 12.2 Å². The first-order chi connectivity index (χ1) is 8.45. The summed E-state index contributed by atoms with van der Waals surface area (Å²) < 4.78 is 16.2. The molecule has 0 aliphatic heterocycles. The van der Waals surface area contributed by atoms with Crippen molar-refractivity contribution in [2.75, 3.05) is 0 Å². The van der Waals surface area contributed by atoms with Crippen LogP contribution in [0.2, 0.25) is 0 Å². The van der Waals surface area contributed by atoms with Crippen molar-refractivity contribution >= 4 is 0 Å². The molecule has 18 heavy (non-hydrogen) atoms. The number of aryl methyl sites for hydroxylation is 1. The van der Waals surface area contributed by atoms with Gasteiger partial charge in [0.2, 0.25) is 0 Å². The van der Waals surface area contributed by atoms with Gasteiger partial charge in [-0.25, -0.2) is 4.39 Å². The number of aromatic nitrogens is 2. The second-order valence-electron chi connectivity index (χ2n) is 4.96. The number of hydrogen-bond acceptors (Lipinski definition) is 1. The third-order valence-corrected chi connectivity index (χ3v) is 3.13. The van der Waals surface area contributed by atoms with Crippen LogP contribution in [0.25, 0.3) is 11.1 Å². The molecule has 1 aromatic carbocycles. The van der Waals surface area contributed by atoms with E-state index in [4.69, 9.17) is 0 Å². The minimum absolute atomic E-state index is 0.521. The standard InChI is InChI=1S/C15H19FN2/c1-5-18-11(2)13(12-9-7-6-8-10-12)14(17-18)15(3,4)16/h6-10H,5H2,1-4H3. The molecule has 0 spiro atoms. The van der Waals surface area contributed by atoms with Gasteiger partial charge in [0.15, 0.2) is 0 Å². The van der Waals surface area contributed by atoms with Gasteiger partial charge in [-0.05, 0) is 33.3 Å². The van der Waals surface area contributed by atoms with Crippen LogP contribution in [0.5, 0.6) is 0 Å². The predicted octanol–water partition coefficient (Wildman–Crippen LogP) is 4.08. The zero-order valence-electron chi connectivity index (χ0n) is 11.4. The zero-order chi connectivity index (χ0) is 13.3. The Balaban J connectivity index is 2.69. The number of benzene rings is 1. The molecule has 96 valence electrons. The van der Waals surface area contributed by atoms with Crippen molar-refractivity contribution in [3.63, 3.8) is 0 Å². The molecular formula is C15H19FN2. The third-order valence-electron chi connectivity index (χ3n) is 3.13. The minimum Gasteiger partial charge on any atom is -0.269 e. The molecule has 1 heterocycles. The molecule has 0 saturated carbocycles. The van der Waals surface area contributed by atoms with E-state index < -0.39 is 5.67 Å². The lowest BCUT2D eigenvalue weighted by Gasteiger charge is -2.13. The molecule has 2 rings (SSSR count). The quantitative estimate of drug-likeness (QED) is 0.797. The van der Waals surface area contributed by atoms with Crippen LogP contribution < -0.4 is 0 Å². The lowest BCUT2D eigenvalue weighted by atomic mass is 9.96. The lowest BCUT2D eigenvalue weighted by Crippen LogP contribution is -2.12. The first-order valence-electron chi connectivity index (χ1n) is 6.27. The summed E-state index contributed by atoms with van der Waals surface area (Å²) in [5.41, 5.74) is 2.05. The predicted molar refractivity (Wildman–Crippen MR) is 72.2 cm³/mol. The number of nitrogens with zero attached hydrogens (tertiary/aromatic N) is 2. The van der Waals surface area contributed by atoms with Gasteiger partial charge >= 0.3 is 0 Å². The highest BCUT2D eigenvalue weighted by Crippen LogP contribution is 2.35. The lowest BCUT2D eigenvalue weighted by molar-refractivity contribution is 0.213. The molecule has 3 heteroatoms. The van der Waals surface area contributed by atoms with Crippen LogP contribution in [0.3, 0.4) is 0 Å². The van der Waals surface area contributed by atoms with Gasteiger partial charge in [0.25, 0.3) is 0 Å². The van der Waals surface area contributed by atoms with E-state index in [9.17, 15) is 4.39 Å². The van der Waals surface area contributed by atoms with Gasteiger partial charge in [-0.2, -0.15) is 5.10 Å². The van der Waals surface area contributed by atoms with Crippen LogP contribution in [0.1, 0.15) is 32.2 Å². The summed E-state index contributed by atoms with van der Waals surface area (Å²) in [6, 6.07) is 9.89. The molecule has 0 aliphatic carbocycles. The maximum atomic E-state index is 14.3. The summed E-state index contributed by atoms with van der Waals surface area (Å²) in [5.74, 6) is 0. The fraction of sp³-hybridized carbons (Fsp3) is 0.400. The molecule has 0 N–H and O–H groups in total. The summed E-state index contributed by atoms with van der Waals surface area (Å²) in [7, 11) is 0. The van der Waals surface area contributed by atoms with E-state index in [1.54, 1.807) is 13.8 Å². The Kier molecular flexibility index (Phi) is 3.24. The molecule has 0 radical (unpaired) electrons. The van der Waals surface area contributed by atoms with Crippen molar-refractivity contribution in [1.82, 2.24) is 9.78 Å². The van der Waals surface area contributed by atoms with E-state index >= 15 is 0 Å². The molecule has 2 aromatic rings. The van der Waals surface area contributed by atoms with Crippen molar-refractivity contribution in [3.8, 4) is 11.1 Å². The third kappa shape index (κ3) is 2.17. The van der Waals surface area contributed by atoms with Crippen LogP contribution in [-0.4, -0.2) is 9.78 Å². The Bertz CT molecular complexity index is 536. The average molecular weight is 246 g/mol. The summed E-state index contributed by atoms with van der Waals surface area (Å²) in [4.78, 5) is 0. The number of rotatable bonds is 3. The van der Waals surface area contributed by atoms with Gasteiger partial charge in [-0.3, -0.25) is 4.68 Å². The summed E-state index contributed by atoms with van der Waals surface area (Å²) >= 11 is 0. The molecule has 1 aromatic heterocycles. The Morgan fingerprint density at radius 2 is 1.83 bits per heavy atom. The first-order valence-corrected chi connectivity index (χ1v) is 6.27. The monoisotopic (exact) mass is 246 g/mol. The highest BCUT2D eigenvalue weighted by molar-refractivity contribution is 5.69. The van der Waals surface area contributed by atoms with Gasteiger partial charge < -0.3 is 0 Å². The van der Waals surface area contributed by atoms with Crippen LogP contribution in [0.15, 0.2) is 30.3 Å². The molecule has 0 bridgehead atoms. The fourth-order valence-electron chi connectivity index (χ4n) is 2.22. The Morgan fingerprint density at radius 1 is 1.22 bits per heavy atom. The van der Waals surface area contributed by atoms with Crippen LogP contribution >= 0.6 is 0 Å². The molecule has 0 unspecified atom stereocenters. The number of alkyl halides is 1. The second-order valence-corrected chi connectivity index (χ2v) is 4.96. The van der Waals surface area contributed by atoms with E-state index in [1.165, 1.54) is 0 Å². The molecule has 0 aliphatic rings. The van der Waals surface area contributed by atoms with Gasteiger partial charge in [0.05, 0.1) is 0 Å². The Labute approximate surface area is 107 Å². The number of hydrogen-bond donors (Lipinski definition) is 0. The fourth-order valence-corrected chi connectivity index (χ4v) is 2.22. The van der Waals surface area contributed by atoms with Crippen molar-refractivity contribution in [3.05, 3.63) is 41.7 Å². The largest absolute Gasteiger partial charge is 0.269 e. The van der Waals surface area contributed by atoms with E-state index in [-0.39, 0.29) is 0 Å². The van der Waals surface area contributed by atoms with Crippen LogP contribution in [0, 0.1) is 6.92 Å². The van der Waals surface area contributed by atoms with Gasteiger partial charge in [-0.1, -0.05) is 30.3 Å². The Morgan fingerprint density at radius 3 is 2.33 bits per heavy atom. The highest BCUT2D eigenvalue weighted by atomic mass is 19.1. The minimum atomic E-state index is -1.43. The van der Waals surface area contributed by atoms with Crippen molar-refractivity contribution < 1.29 is 4.39 Å². The van der Waals surface area contributed by atoms with Crippen molar-refractivity contribution in [1.29, 1.82) is 0 Å². The van der Waals surface area contributed by atoms with Gasteiger partial charge in [-0.15, -0.1) is 0 Å². The molecular weight excluding hydrogens is 227 g/mol. The second kappa shape index (κ2) is 4.56. The summed E-state index contributed by atoms with van der Waals surface area (Å²) in [6.45, 7) is 7.88. The maximum absolute atomic E-state index is 14.3. The summed E-state index contributed by atoms with van der Waals surface area (Å²) in [6.07, 6.45) is 0. The highest BCUT2D eigenvalue weighted by Gasteiger charge is 2.29. The van der Waals surface area contributed by atoms with E-state index in [0.717, 1.165) is 23.4 Å². The molecule has 0 saturated heterocycles. The van der Waals surface area contributed by atoms with Crippen molar-refractivity contribution in [2.45, 2.75) is 39.9 Å². The number of halogens is 1. The van der Waals surface area contributed by atoms with Gasteiger partial charge in [0, 0.05) is 17.8 Å². The first kappa shape index (κ1) is 12.8. The normalized spacial score (nSPS) is 11.8. The maximum Gasteiger partial charge on any atom is 0.149 e. The smallest absolute Gasteiger partial charge is 0.149 e. The average Bonchev–Trinajstić information content (AvgIpc) is 2.67. The van der Waals surface area contributed by atoms with Gasteiger partial charge in [0.1, 0.15) is 11.4 Å². The van der Waals surface area contributed by atoms with E-state index in [0.29, 0.717) is 5.69 Å². The molecule has 0 atom stereocenters. The zero-order valence-corrected chi connectivity index (χ0v) is 11.4. The van der Waals surface area contributed by atoms with Crippen molar-refractivity contribution in [2.24, 2.45) is 0 Å². The Hall–Kier alpha value is -1.64.